The maximum Gasteiger partial charge on any atom is 0.223 e. The monoisotopic (exact) mass is 377 g/mol. The Morgan fingerprint density at radius 1 is 1.11 bits per heavy atom. The van der Waals surface area contributed by atoms with Crippen molar-refractivity contribution in [2.75, 3.05) is 12.4 Å². The molecule has 1 heterocycles. The lowest BCUT2D eigenvalue weighted by molar-refractivity contribution is 0.0962. The molecule has 0 fully saturated rings. The molecule has 28 heavy (non-hydrogen) atoms. The number of benzene rings is 2. The van der Waals surface area contributed by atoms with Gasteiger partial charge in [0.15, 0.2) is 5.78 Å². The molecule has 1 atom stereocenters. The summed E-state index contributed by atoms with van der Waals surface area (Å²) >= 11 is 0. The number of aromatic nitrogens is 2. The van der Waals surface area contributed by atoms with Gasteiger partial charge in [0.2, 0.25) is 5.95 Å². The molecule has 1 aromatic heterocycles. The van der Waals surface area contributed by atoms with Crippen molar-refractivity contribution in [3.05, 3.63) is 82.9 Å². The van der Waals surface area contributed by atoms with Crippen LogP contribution in [0.15, 0.2) is 54.7 Å². The van der Waals surface area contributed by atoms with Crippen LogP contribution in [0.25, 0.3) is 0 Å². The van der Waals surface area contributed by atoms with Crippen LogP contribution in [0.3, 0.4) is 0 Å². The first-order valence-corrected chi connectivity index (χ1v) is 9.14. The Labute approximate surface area is 162 Å². The van der Waals surface area contributed by atoms with Gasteiger partial charge in [-0.05, 0) is 47.7 Å². The molecule has 5 nitrogen and oxygen atoms in total. The van der Waals surface area contributed by atoms with Gasteiger partial charge in [-0.15, -0.1) is 0 Å². The van der Waals surface area contributed by atoms with Gasteiger partial charge in [0.1, 0.15) is 11.6 Å². The molecule has 6 heteroatoms. The van der Waals surface area contributed by atoms with Crippen LogP contribution in [-0.4, -0.2) is 22.9 Å². The lowest BCUT2D eigenvalue weighted by atomic mass is 9.82. The van der Waals surface area contributed by atoms with Gasteiger partial charge in [-0.1, -0.05) is 24.3 Å². The van der Waals surface area contributed by atoms with Gasteiger partial charge in [0, 0.05) is 19.2 Å². The SMILES string of the molecule is COc1ccc([C@@H]2CC(=O)c3cnc(NCc4ccc(F)cc4)nc3C2)cc1. The van der Waals surface area contributed by atoms with E-state index in [4.69, 9.17) is 4.74 Å². The van der Waals surface area contributed by atoms with Crippen LogP contribution in [0.4, 0.5) is 10.3 Å². The Kier molecular flexibility index (Phi) is 5.02. The number of ketones is 1. The van der Waals surface area contributed by atoms with Crippen LogP contribution in [-0.2, 0) is 13.0 Å². The minimum absolute atomic E-state index is 0.0622. The van der Waals surface area contributed by atoms with Crippen LogP contribution < -0.4 is 10.1 Å². The predicted molar refractivity (Wildman–Crippen MR) is 104 cm³/mol. The Morgan fingerprint density at radius 2 is 1.86 bits per heavy atom. The summed E-state index contributed by atoms with van der Waals surface area (Å²) in [7, 11) is 1.63. The van der Waals surface area contributed by atoms with E-state index in [1.807, 2.05) is 24.3 Å². The van der Waals surface area contributed by atoms with E-state index in [-0.39, 0.29) is 17.5 Å². The zero-order valence-corrected chi connectivity index (χ0v) is 15.5. The molecule has 0 saturated carbocycles. The van der Waals surface area contributed by atoms with E-state index in [2.05, 4.69) is 15.3 Å². The maximum absolute atomic E-state index is 13.0. The van der Waals surface area contributed by atoms with Crippen LogP contribution >= 0.6 is 0 Å². The van der Waals surface area contributed by atoms with E-state index in [1.54, 1.807) is 25.4 Å². The molecule has 4 rings (SSSR count). The molecule has 0 amide bonds. The minimum atomic E-state index is -0.267. The zero-order valence-electron chi connectivity index (χ0n) is 15.5. The molecule has 142 valence electrons. The van der Waals surface area contributed by atoms with E-state index in [9.17, 15) is 9.18 Å². The van der Waals surface area contributed by atoms with Gasteiger partial charge in [0.05, 0.1) is 18.4 Å². The Morgan fingerprint density at radius 3 is 2.57 bits per heavy atom. The highest BCUT2D eigenvalue weighted by Gasteiger charge is 2.28. The molecule has 0 radical (unpaired) electrons. The molecule has 2 aromatic carbocycles. The van der Waals surface area contributed by atoms with Gasteiger partial charge in [-0.3, -0.25) is 4.79 Å². The van der Waals surface area contributed by atoms with Crippen molar-refractivity contribution >= 4 is 11.7 Å². The topological polar surface area (TPSA) is 64.1 Å². The Bertz CT molecular complexity index is 988. The van der Waals surface area contributed by atoms with Crippen LogP contribution in [0.1, 0.15) is 39.5 Å². The summed E-state index contributed by atoms with van der Waals surface area (Å²) in [6.45, 7) is 0.481. The third-order valence-electron chi connectivity index (χ3n) is 4.99. The number of ether oxygens (including phenoxy) is 1. The number of nitrogens with zero attached hydrogens (tertiary/aromatic N) is 2. The van der Waals surface area contributed by atoms with Crippen molar-refractivity contribution in [2.45, 2.75) is 25.3 Å². The third-order valence-corrected chi connectivity index (χ3v) is 4.99. The molecule has 1 aliphatic rings. The number of Topliss-reactive ketones (excluding diaryl/α,β-unsaturated/α-hetero) is 1. The first-order chi connectivity index (χ1) is 13.6. The van der Waals surface area contributed by atoms with Gasteiger partial charge in [-0.25, -0.2) is 14.4 Å². The Balaban J connectivity index is 1.50. The molecule has 0 unspecified atom stereocenters. The first-order valence-electron chi connectivity index (χ1n) is 9.14. The molecule has 1 N–H and O–H groups in total. The summed E-state index contributed by atoms with van der Waals surface area (Å²) < 4.78 is 18.2. The third kappa shape index (κ3) is 3.86. The lowest BCUT2D eigenvalue weighted by Gasteiger charge is -2.23. The number of methoxy groups -OCH3 is 1. The summed E-state index contributed by atoms with van der Waals surface area (Å²) in [4.78, 5) is 21.4. The minimum Gasteiger partial charge on any atom is -0.497 e. The zero-order chi connectivity index (χ0) is 19.5. The normalized spacial score (nSPS) is 15.8. The predicted octanol–water partition coefficient (Wildman–Crippen LogP) is 4.15. The fourth-order valence-electron chi connectivity index (χ4n) is 3.43. The van der Waals surface area contributed by atoms with Crippen molar-refractivity contribution < 1.29 is 13.9 Å². The van der Waals surface area contributed by atoms with Crippen molar-refractivity contribution in [2.24, 2.45) is 0 Å². The second-order valence-corrected chi connectivity index (χ2v) is 6.84. The smallest absolute Gasteiger partial charge is 0.223 e. The van der Waals surface area contributed by atoms with Crippen LogP contribution in [0, 0.1) is 5.82 Å². The summed E-state index contributed by atoms with van der Waals surface area (Å²) in [5.41, 5.74) is 3.37. The molecule has 3 aromatic rings. The van der Waals surface area contributed by atoms with E-state index >= 15 is 0 Å². The number of carbonyl (C=O) groups is 1. The second-order valence-electron chi connectivity index (χ2n) is 6.84. The highest BCUT2D eigenvalue weighted by atomic mass is 19.1. The number of rotatable bonds is 5. The molecule has 0 spiro atoms. The molecule has 0 bridgehead atoms. The Hall–Kier alpha value is -3.28. The van der Waals surface area contributed by atoms with E-state index in [1.165, 1.54) is 12.1 Å². The fraction of sp³-hybridized carbons (Fsp3) is 0.227. The van der Waals surface area contributed by atoms with Gasteiger partial charge in [0.25, 0.3) is 0 Å². The summed E-state index contributed by atoms with van der Waals surface area (Å²) in [5, 5.41) is 3.14. The van der Waals surface area contributed by atoms with Crippen molar-refractivity contribution in [3.8, 4) is 5.75 Å². The number of anilines is 1. The van der Waals surface area contributed by atoms with Crippen molar-refractivity contribution in [1.82, 2.24) is 9.97 Å². The van der Waals surface area contributed by atoms with Crippen molar-refractivity contribution in [3.63, 3.8) is 0 Å². The highest BCUT2D eigenvalue weighted by molar-refractivity contribution is 5.98. The highest BCUT2D eigenvalue weighted by Crippen LogP contribution is 2.32. The number of hydrogen-bond donors (Lipinski definition) is 1. The average molecular weight is 377 g/mol. The first kappa shape index (κ1) is 18.1. The quantitative estimate of drug-likeness (QED) is 0.724. The van der Waals surface area contributed by atoms with Crippen molar-refractivity contribution in [1.29, 1.82) is 0 Å². The second kappa shape index (κ2) is 7.76. The number of fused-ring (bicyclic) bond motifs is 1. The molecule has 1 aliphatic carbocycles. The fourth-order valence-corrected chi connectivity index (χ4v) is 3.43. The number of carbonyl (C=O) groups excluding carboxylic acids is 1. The number of nitrogens with one attached hydrogen (secondary N) is 1. The van der Waals surface area contributed by atoms with Gasteiger partial charge >= 0.3 is 0 Å². The summed E-state index contributed by atoms with van der Waals surface area (Å²) in [6.07, 6.45) is 2.73. The van der Waals surface area contributed by atoms with Gasteiger partial charge in [-0.2, -0.15) is 0 Å². The number of halogens is 1. The largest absolute Gasteiger partial charge is 0.497 e. The standard InChI is InChI=1S/C22H20FN3O2/c1-28-18-8-4-15(5-9-18)16-10-20-19(21(27)11-16)13-25-22(26-20)24-12-14-2-6-17(23)7-3-14/h2-9,13,16H,10-12H2,1H3,(H,24,25,26)/t16-/m0/s1. The van der Waals surface area contributed by atoms with E-state index in [0.29, 0.717) is 30.9 Å². The van der Waals surface area contributed by atoms with Crippen LogP contribution in [0.5, 0.6) is 5.75 Å². The van der Waals surface area contributed by atoms with Gasteiger partial charge < -0.3 is 10.1 Å². The van der Waals surface area contributed by atoms with E-state index in [0.717, 1.165) is 22.6 Å². The van der Waals surface area contributed by atoms with E-state index < -0.39 is 0 Å². The molecule has 0 aliphatic heterocycles. The summed E-state index contributed by atoms with van der Waals surface area (Å²) in [6, 6.07) is 14.1. The molecular formula is C22H20FN3O2. The van der Waals surface area contributed by atoms with Crippen LogP contribution in [0.2, 0.25) is 0 Å². The average Bonchev–Trinajstić information content (AvgIpc) is 2.73. The molecular weight excluding hydrogens is 357 g/mol. The maximum atomic E-state index is 13.0. The summed E-state index contributed by atoms with van der Waals surface area (Å²) in [5.74, 6) is 1.14. The molecule has 0 saturated heterocycles. The lowest BCUT2D eigenvalue weighted by Crippen LogP contribution is -2.21. The number of hydrogen-bond acceptors (Lipinski definition) is 5.